The third kappa shape index (κ3) is 5.54. The molecule has 7 nitrogen and oxygen atoms in total. The van der Waals surface area contributed by atoms with Crippen molar-refractivity contribution < 1.29 is 18.0 Å². The summed E-state index contributed by atoms with van der Waals surface area (Å²) in [5.41, 5.74) is 8.20. The smallest absolute Gasteiger partial charge is 0.333 e. The fourth-order valence-electron chi connectivity index (χ4n) is 5.25. The summed E-state index contributed by atoms with van der Waals surface area (Å²) in [6.45, 7) is 2.39. The normalized spacial score (nSPS) is 14.1. The van der Waals surface area contributed by atoms with Crippen molar-refractivity contribution >= 4 is 27.6 Å². The van der Waals surface area contributed by atoms with Crippen molar-refractivity contribution in [3.05, 3.63) is 93.5 Å². The van der Waals surface area contributed by atoms with Gasteiger partial charge in [-0.2, -0.15) is 0 Å². The monoisotopic (exact) mass is 517 g/mol. The van der Waals surface area contributed by atoms with E-state index in [2.05, 4.69) is 21.4 Å². The van der Waals surface area contributed by atoms with E-state index < -0.39 is 16.1 Å². The lowest BCUT2D eigenvalue weighted by Crippen LogP contribution is -2.35. The molecule has 5 rings (SSSR count). The van der Waals surface area contributed by atoms with Crippen molar-refractivity contribution in [2.45, 2.75) is 56.8 Å². The Bertz CT molecular complexity index is 1410. The number of hydrogen-bond donors (Lipinski definition) is 3. The minimum atomic E-state index is -4.03. The van der Waals surface area contributed by atoms with Gasteiger partial charge in [-0.15, -0.1) is 0 Å². The van der Waals surface area contributed by atoms with E-state index >= 15 is 0 Å². The van der Waals surface area contributed by atoms with Crippen LogP contribution in [0.15, 0.2) is 59.5 Å². The van der Waals surface area contributed by atoms with Crippen LogP contribution in [0, 0.1) is 6.92 Å². The first-order chi connectivity index (χ1) is 17.8. The number of hydrogen-bond acceptors (Lipinski definition) is 4. The van der Waals surface area contributed by atoms with Crippen LogP contribution in [0.25, 0.3) is 0 Å². The van der Waals surface area contributed by atoms with Crippen LogP contribution in [-0.4, -0.2) is 26.9 Å². The van der Waals surface area contributed by atoms with Crippen LogP contribution in [0.5, 0.6) is 0 Å². The Morgan fingerprint density at radius 2 is 1.46 bits per heavy atom. The maximum Gasteiger partial charge on any atom is 0.333 e. The summed E-state index contributed by atoms with van der Waals surface area (Å²) >= 11 is 0. The van der Waals surface area contributed by atoms with Gasteiger partial charge in [0.15, 0.2) is 0 Å². The molecule has 0 atom stereocenters. The van der Waals surface area contributed by atoms with E-state index in [-0.39, 0.29) is 10.8 Å². The molecule has 37 heavy (non-hydrogen) atoms. The van der Waals surface area contributed by atoms with E-state index in [1.165, 1.54) is 23.3 Å². The Labute approximate surface area is 217 Å². The molecule has 0 aliphatic heterocycles. The maximum absolute atomic E-state index is 12.9. The summed E-state index contributed by atoms with van der Waals surface area (Å²) in [5, 5.41) is 5.74. The van der Waals surface area contributed by atoms with Crippen LogP contribution in [0.2, 0.25) is 0 Å². The molecule has 2 aliphatic carbocycles. The molecule has 3 N–H and O–H groups in total. The van der Waals surface area contributed by atoms with Crippen molar-refractivity contribution in [1.29, 1.82) is 0 Å². The third-order valence-electron chi connectivity index (χ3n) is 7.19. The molecular weight excluding hydrogens is 486 g/mol. The van der Waals surface area contributed by atoms with Gasteiger partial charge in [0.2, 0.25) is 0 Å². The second-order valence-electron chi connectivity index (χ2n) is 9.81. The van der Waals surface area contributed by atoms with Crippen molar-refractivity contribution in [3.8, 4) is 0 Å². The predicted octanol–water partition coefficient (Wildman–Crippen LogP) is 4.46. The molecule has 192 valence electrons. The molecule has 3 aromatic carbocycles. The largest absolute Gasteiger partial charge is 0.352 e. The number of urea groups is 1. The zero-order chi connectivity index (χ0) is 26.0. The van der Waals surface area contributed by atoms with Gasteiger partial charge in [0.05, 0.1) is 4.90 Å². The summed E-state index contributed by atoms with van der Waals surface area (Å²) < 4.78 is 27.9. The molecule has 0 saturated carbocycles. The number of amides is 3. The number of benzene rings is 3. The topological polar surface area (TPSA) is 104 Å². The molecule has 8 heteroatoms. The van der Waals surface area contributed by atoms with Gasteiger partial charge in [-0.05, 0) is 104 Å². The number of sulfonamides is 1. The Balaban J connectivity index is 1.18. The second kappa shape index (κ2) is 10.4. The van der Waals surface area contributed by atoms with Gasteiger partial charge in [-0.25, -0.2) is 17.9 Å². The highest BCUT2D eigenvalue weighted by Gasteiger charge is 2.26. The maximum atomic E-state index is 12.9. The Morgan fingerprint density at radius 1 is 0.838 bits per heavy atom. The lowest BCUT2D eigenvalue weighted by Gasteiger charge is -2.16. The molecule has 2 aliphatic rings. The van der Waals surface area contributed by atoms with Crippen molar-refractivity contribution in [2.75, 3.05) is 11.9 Å². The Kier molecular flexibility index (Phi) is 7.02. The van der Waals surface area contributed by atoms with Gasteiger partial charge in [0.1, 0.15) is 0 Å². The summed E-state index contributed by atoms with van der Waals surface area (Å²) in [6.07, 6.45) is 6.45. The lowest BCUT2D eigenvalue weighted by molar-refractivity contribution is 0.0954. The minimum Gasteiger partial charge on any atom is -0.352 e. The lowest BCUT2D eigenvalue weighted by atomic mass is 9.99. The number of nitrogens with one attached hydrogen (secondary N) is 3. The zero-order valence-corrected chi connectivity index (χ0v) is 21.7. The molecule has 0 bridgehead atoms. The first-order valence-electron chi connectivity index (χ1n) is 12.7. The van der Waals surface area contributed by atoms with Crippen molar-refractivity contribution in [2.24, 2.45) is 0 Å². The quantitative estimate of drug-likeness (QED) is 0.431. The fourth-order valence-corrected chi connectivity index (χ4v) is 6.16. The van der Waals surface area contributed by atoms with E-state index in [9.17, 15) is 18.0 Å². The van der Waals surface area contributed by atoms with Crippen LogP contribution in [0.1, 0.15) is 56.6 Å². The van der Waals surface area contributed by atoms with Gasteiger partial charge in [-0.3, -0.25) is 4.79 Å². The number of carbonyl (C=O) groups is 2. The van der Waals surface area contributed by atoms with Gasteiger partial charge in [0.25, 0.3) is 15.9 Å². The zero-order valence-electron chi connectivity index (χ0n) is 20.9. The van der Waals surface area contributed by atoms with Gasteiger partial charge in [-0.1, -0.05) is 35.9 Å². The summed E-state index contributed by atoms with van der Waals surface area (Å²) in [5.74, 6) is -0.149. The van der Waals surface area contributed by atoms with Crippen LogP contribution in [-0.2, 0) is 42.1 Å². The predicted molar refractivity (Wildman–Crippen MR) is 143 cm³/mol. The summed E-state index contributed by atoms with van der Waals surface area (Å²) in [6, 6.07) is 15.2. The first kappa shape index (κ1) is 25.0. The minimum absolute atomic E-state index is 0.0126. The molecule has 3 aromatic rings. The van der Waals surface area contributed by atoms with Gasteiger partial charge < -0.3 is 10.6 Å². The van der Waals surface area contributed by atoms with Crippen molar-refractivity contribution in [3.63, 3.8) is 0 Å². The molecule has 0 spiro atoms. The van der Waals surface area contributed by atoms with E-state index in [1.54, 1.807) is 24.3 Å². The van der Waals surface area contributed by atoms with Gasteiger partial charge >= 0.3 is 6.03 Å². The molecule has 0 aromatic heterocycles. The Hall–Kier alpha value is -3.65. The van der Waals surface area contributed by atoms with E-state index in [1.807, 2.05) is 19.1 Å². The number of rotatable bonds is 7. The van der Waals surface area contributed by atoms with Crippen LogP contribution in [0.4, 0.5) is 10.5 Å². The standard InChI is InChI=1S/C29H31N3O4S/c1-19-8-12-21(13-9-19)28(33)30-17-16-20-10-14-24(15-11-20)37(35,36)32-29(34)31-27-25-6-2-4-22(25)18-23-5-3-7-26(23)27/h8-15,18H,2-7,16-17H2,1H3,(H,30,33)(H2,31,32,34). The average molecular weight is 518 g/mol. The highest BCUT2D eigenvalue weighted by atomic mass is 32.2. The summed E-state index contributed by atoms with van der Waals surface area (Å²) in [7, 11) is -4.03. The number of carbonyl (C=O) groups excluding carboxylic acids is 2. The highest BCUT2D eigenvalue weighted by Crippen LogP contribution is 2.38. The molecule has 0 heterocycles. The van der Waals surface area contributed by atoms with Crippen LogP contribution >= 0.6 is 0 Å². The highest BCUT2D eigenvalue weighted by molar-refractivity contribution is 7.90. The van der Waals surface area contributed by atoms with Crippen LogP contribution < -0.4 is 15.4 Å². The fraction of sp³-hybridized carbons (Fsp3) is 0.310. The van der Waals surface area contributed by atoms with E-state index in [0.717, 1.165) is 66.5 Å². The molecule has 3 amide bonds. The van der Waals surface area contributed by atoms with E-state index in [0.29, 0.717) is 18.5 Å². The summed E-state index contributed by atoms with van der Waals surface area (Å²) in [4.78, 5) is 25.0. The molecule has 0 unspecified atom stereocenters. The molecular formula is C29H31N3O4S. The van der Waals surface area contributed by atoms with Gasteiger partial charge in [0, 0.05) is 17.8 Å². The molecule has 0 fully saturated rings. The molecule has 0 saturated heterocycles. The first-order valence-corrected chi connectivity index (χ1v) is 14.2. The third-order valence-corrected chi connectivity index (χ3v) is 8.53. The second-order valence-corrected chi connectivity index (χ2v) is 11.5. The number of anilines is 1. The number of fused-ring (bicyclic) bond motifs is 2. The SMILES string of the molecule is Cc1ccc(C(=O)NCCc2ccc(S(=O)(=O)NC(=O)Nc3c4c(cc5c3CCC5)CCC4)cc2)cc1. The Morgan fingerprint density at radius 3 is 2.08 bits per heavy atom. The van der Waals surface area contributed by atoms with E-state index in [4.69, 9.17) is 0 Å². The molecule has 0 radical (unpaired) electrons. The van der Waals surface area contributed by atoms with Crippen molar-refractivity contribution in [1.82, 2.24) is 10.0 Å². The van der Waals surface area contributed by atoms with Crippen LogP contribution in [0.3, 0.4) is 0 Å². The number of aryl methyl sites for hydroxylation is 3. The average Bonchev–Trinajstić information content (AvgIpc) is 3.54.